The van der Waals surface area contributed by atoms with Gasteiger partial charge in [0.1, 0.15) is 22.2 Å². The number of methoxy groups -OCH3 is 1. The molecule has 0 aliphatic carbocycles. The van der Waals surface area contributed by atoms with E-state index >= 15 is 0 Å². The third-order valence-electron chi connectivity index (χ3n) is 6.49. The van der Waals surface area contributed by atoms with Crippen LogP contribution in [0, 0.1) is 0 Å². The molecular weight excluding hydrogens is 454 g/mol. The van der Waals surface area contributed by atoms with Gasteiger partial charge in [0, 0.05) is 17.5 Å². The Morgan fingerprint density at radius 3 is 2.46 bits per heavy atom. The van der Waals surface area contributed by atoms with Crippen LogP contribution in [0.15, 0.2) is 60.0 Å². The summed E-state index contributed by atoms with van der Waals surface area (Å²) < 4.78 is 5.41. The van der Waals surface area contributed by atoms with E-state index in [1.165, 1.54) is 29.5 Å². The van der Waals surface area contributed by atoms with Crippen molar-refractivity contribution < 1.29 is 4.74 Å². The predicted molar refractivity (Wildman–Crippen MR) is 145 cm³/mol. The molecular formula is C28H33N5OS. The number of ether oxygens (including phenoxy) is 1. The Morgan fingerprint density at radius 2 is 1.77 bits per heavy atom. The summed E-state index contributed by atoms with van der Waals surface area (Å²) in [4.78, 5) is 15.7. The van der Waals surface area contributed by atoms with E-state index in [-0.39, 0.29) is 6.04 Å². The summed E-state index contributed by atoms with van der Waals surface area (Å²) in [6.07, 6.45) is 2.53. The second kappa shape index (κ2) is 10.7. The maximum Gasteiger partial charge on any atom is 0.146 e. The Bertz CT molecular complexity index is 1250. The first-order chi connectivity index (χ1) is 17.1. The number of likely N-dealkylation sites (tertiary alicyclic amines) is 1. The highest BCUT2D eigenvalue weighted by molar-refractivity contribution is 7.17. The summed E-state index contributed by atoms with van der Waals surface area (Å²) in [5.74, 6) is 2.61. The van der Waals surface area contributed by atoms with Crippen molar-refractivity contribution in [1.82, 2.24) is 19.8 Å². The molecule has 1 saturated heterocycles. The summed E-state index contributed by atoms with van der Waals surface area (Å²) in [5.41, 5.74) is 3.60. The molecule has 1 aliphatic rings. The third kappa shape index (κ3) is 5.48. The molecule has 35 heavy (non-hydrogen) atoms. The number of thiophene rings is 1. The molecule has 0 bridgehead atoms. The molecule has 0 spiro atoms. The second-order valence-corrected chi connectivity index (χ2v) is 10.3. The van der Waals surface area contributed by atoms with Crippen molar-refractivity contribution in [3.05, 3.63) is 71.4 Å². The van der Waals surface area contributed by atoms with Gasteiger partial charge in [0.05, 0.1) is 25.1 Å². The Labute approximate surface area is 211 Å². The van der Waals surface area contributed by atoms with E-state index in [4.69, 9.17) is 14.7 Å². The average molecular weight is 488 g/mol. The van der Waals surface area contributed by atoms with Gasteiger partial charge in [-0.05, 0) is 63.3 Å². The zero-order valence-electron chi connectivity index (χ0n) is 20.7. The fraction of sp³-hybridized carbons (Fsp3) is 0.357. The van der Waals surface area contributed by atoms with Crippen LogP contribution in [0.4, 0.5) is 5.82 Å². The molecule has 5 rings (SSSR count). The Morgan fingerprint density at radius 1 is 1.03 bits per heavy atom. The molecule has 4 aromatic rings. The summed E-state index contributed by atoms with van der Waals surface area (Å²) >= 11 is 1.69. The molecule has 7 heteroatoms. The minimum Gasteiger partial charge on any atom is -0.497 e. The van der Waals surface area contributed by atoms with Crippen LogP contribution in [0.25, 0.3) is 21.3 Å². The van der Waals surface area contributed by atoms with E-state index in [9.17, 15) is 0 Å². The number of nitrogens with zero attached hydrogens (tertiary/aromatic N) is 4. The van der Waals surface area contributed by atoms with Gasteiger partial charge in [-0.3, -0.25) is 0 Å². The van der Waals surface area contributed by atoms with Gasteiger partial charge >= 0.3 is 0 Å². The van der Waals surface area contributed by atoms with Crippen molar-refractivity contribution in [2.24, 2.45) is 0 Å². The number of aromatic nitrogens is 2. The summed E-state index contributed by atoms with van der Waals surface area (Å²) in [6, 6.07) is 19.1. The molecule has 3 heterocycles. The van der Waals surface area contributed by atoms with Crippen LogP contribution in [-0.2, 0) is 6.54 Å². The quantitative estimate of drug-likeness (QED) is 0.328. The lowest BCUT2D eigenvalue weighted by molar-refractivity contribution is 0.323. The Kier molecular flexibility index (Phi) is 7.27. The summed E-state index contributed by atoms with van der Waals surface area (Å²) in [7, 11) is 5.82. The van der Waals surface area contributed by atoms with Crippen LogP contribution in [0.1, 0.15) is 30.3 Å². The molecule has 2 aromatic heterocycles. The fourth-order valence-electron chi connectivity index (χ4n) is 4.73. The standard InChI is InChI=1S/C28H33N5OS/c1-32(2)18-25-30-27(26-23(19-35-28(26)31-25)20-9-5-4-6-10-20)29-24(17-33-15-7-8-16-33)21-11-13-22(34-3)14-12-21/h4-6,9-14,19,24H,7-8,15-18H2,1-3H3,(H,29,30,31). The molecule has 0 amide bonds. The zero-order chi connectivity index (χ0) is 24.2. The molecule has 1 N–H and O–H groups in total. The summed E-state index contributed by atoms with van der Waals surface area (Å²) in [5, 5.41) is 7.18. The molecule has 0 saturated carbocycles. The molecule has 1 unspecified atom stereocenters. The molecule has 1 atom stereocenters. The van der Waals surface area contributed by atoms with Gasteiger partial charge in [-0.15, -0.1) is 11.3 Å². The van der Waals surface area contributed by atoms with Crippen molar-refractivity contribution in [1.29, 1.82) is 0 Å². The van der Waals surface area contributed by atoms with E-state index in [1.807, 2.05) is 12.1 Å². The maximum atomic E-state index is 5.41. The number of hydrogen-bond donors (Lipinski definition) is 1. The van der Waals surface area contributed by atoms with Crippen LogP contribution in [0.3, 0.4) is 0 Å². The van der Waals surface area contributed by atoms with Crippen LogP contribution in [0.2, 0.25) is 0 Å². The molecule has 2 aromatic carbocycles. The number of nitrogens with one attached hydrogen (secondary N) is 1. The number of rotatable bonds is 9. The normalized spacial score (nSPS) is 15.1. The number of fused-ring (bicyclic) bond motifs is 1. The van der Waals surface area contributed by atoms with Crippen molar-refractivity contribution in [3.63, 3.8) is 0 Å². The maximum absolute atomic E-state index is 5.41. The first-order valence-electron chi connectivity index (χ1n) is 12.2. The van der Waals surface area contributed by atoms with Crippen molar-refractivity contribution in [2.45, 2.75) is 25.4 Å². The van der Waals surface area contributed by atoms with Crippen LogP contribution in [-0.4, -0.2) is 60.6 Å². The van der Waals surface area contributed by atoms with Crippen molar-refractivity contribution in [3.8, 4) is 16.9 Å². The summed E-state index contributed by atoms with van der Waals surface area (Å²) in [6.45, 7) is 3.92. The van der Waals surface area contributed by atoms with Crippen molar-refractivity contribution in [2.75, 3.05) is 46.2 Å². The van der Waals surface area contributed by atoms with E-state index in [2.05, 4.69) is 77.1 Å². The first kappa shape index (κ1) is 23.7. The molecule has 1 aliphatic heterocycles. The lowest BCUT2D eigenvalue weighted by atomic mass is 10.0. The molecule has 0 radical (unpaired) electrons. The number of benzene rings is 2. The van der Waals surface area contributed by atoms with Crippen LogP contribution in [0.5, 0.6) is 5.75 Å². The largest absolute Gasteiger partial charge is 0.497 e. The minimum absolute atomic E-state index is 0.104. The minimum atomic E-state index is 0.104. The monoisotopic (exact) mass is 487 g/mol. The van der Waals surface area contributed by atoms with Gasteiger partial charge in [-0.25, -0.2) is 9.97 Å². The van der Waals surface area contributed by atoms with Gasteiger partial charge in [0.2, 0.25) is 0 Å². The average Bonchev–Trinajstić information content (AvgIpc) is 3.54. The first-order valence-corrected chi connectivity index (χ1v) is 13.1. The zero-order valence-corrected chi connectivity index (χ0v) is 21.5. The van der Waals surface area contributed by atoms with E-state index in [1.54, 1.807) is 18.4 Å². The van der Waals surface area contributed by atoms with E-state index < -0.39 is 0 Å². The highest BCUT2D eigenvalue weighted by Gasteiger charge is 2.23. The lowest BCUT2D eigenvalue weighted by Gasteiger charge is -2.26. The molecule has 182 valence electrons. The van der Waals surface area contributed by atoms with E-state index in [0.29, 0.717) is 6.54 Å². The lowest BCUT2D eigenvalue weighted by Crippen LogP contribution is -2.30. The molecule has 1 fully saturated rings. The predicted octanol–water partition coefficient (Wildman–Crippen LogP) is 5.68. The smallest absolute Gasteiger partial charge is 0.146 e. The van der Waals surface area contributed by atoms with Crippen molar-refractivity contribution >= 4 is 27.4 Å². The van der Waals surface area contributed by atoms with E-state index in [0.717, 1.165) is 47.2 Å². The highest BCUT2D eigenvalue weighted by atomic mass is 32.1. The fourth-order valence-corrected chi connectivity index (χ4v) is 5.70. The van der Waals surface area contributed by atoms with Gasteiger partial charge in [-0.1, -0.05) is 42.5 Å². The van der Waals surface area contributed by atoms with Gasteiger partial charge in [0.25, 0.3) is 0 Å². The van der Waals surface area contributed by atoms with Gasteiger partial charge in [0.15, 0.2) is 0 Å². The van der Waals surface area contributed by atoms with Crippen LogP contribution >= 0.6 is 11.3 Å². The number of hydrogen-bond acceptors (Lipinski definition) is 7. The SMILES string of the molecule is COc1ccc(C(CN2CCCC2)Nc2nc(CN(C)C)nc3scc(-c4ccccc4)c23)cc1. The van der Waals surface area contributed by atoms with Crippen LogP contribution < -0.4 is 10.1 Å². The highest BCUT2D eigenvalue weighted by Crippen LogP contribution is 2.38. The Balaban J connectivity index is 1.58. The topological polar surface area (TPSA) is 53.5 Å². The third-order valence-corrected chi connectivity index (χ3v) is 7.36. The molecule has 6 nitrogen and oxygen atoms in total. The number of anilines is 1. The van der Waals surface area contributed by atoms with Gasteiger partial charge in [-0.2, -0.15) is 0 Å². The second-order valence-electron chi connectivity index (χ2n) is 9.40. The Hall–Kier alpha value is -3.00. The van der Waals surface area contributed by atoms with Gasteiger partial charge < -0.3 is 19.9 Å².